The third-order valence-corrected chi connectivity index (χ3v) is 3.70. The van der Waals surface area contributed by atoms with Gasteiger partial charge < -0.3 is 5.73 Å². The minimum Gasteiger partial charge on any atom is -0.317 e. The van der Waals surface area contributed by atoms with E-state index >= 15 is 0 Å². The quantitative estimate of drug-likeness (QED) is 0.576. The van der Waals surface area contributed by atoms with E-state index in [-0.39, 0.29) is 10.8 Å². The van der Waals surface area contributed by atoms with Crippen LogP contribution in [0.3, 0.4) is 0 Å². The van der Waals surface area contributed by atoms with E-state index in [1.165, 1.54) is 18.6 Å². The van der Waals surface area contributed by atoms with Crippen LogP contribution in [-0.2, 0) is 0 Å². The Morgan fingerprint density at radius 3 is 2.90 bits per heavy atom. The number of nitrogens with two attached hydrogens (primary N) is 1. The molecule has 2 N–H and O–H groups in total. The maximum absolute atomic E-state index is 5.76. The highest BCUT2D eigenvalue weighted by Crippen LogP contribution is 2.39. The van der Waals surface area contributed by atoms with Gasteiger partial charge in [-0.05, 0) is 25.5 Å². The smallest absolute Gasteiger partial charge is 0.0808 e. The molecule has 0 bridgehead atoms. The Morgan fingerprint density at radius 2 is 2.50 bits per heavy atom. The van der Waals surface area contributed by atoms with Crippen molar-refractivity contribution in [1.82, 2.24) is 0 Å². The summed E-state index contributed by atoms with van der Waals surface area (Å²) in [6, 6.07) is -0.0694. The van der Waals surface area contributed by atoms with Crippen molar-refractivity contribution in [2.24, 2.45) is 5.73 Å². The Kier molecular flexibility index (Phi) is 2.28. The molecule has 1 nitrogen and oxygen atoms in total. The molecule has 1 rings (SSSR count). The fourth-order valence-corrected chi connectivity index (χ4v) is 2.51. The summed E-state index contributed by atoms with van der Waals surface area (Å²) < 4.78 is 0.161. The second-order valence-corrected chi connectivity index (χ2v) is 4.54. The molecule has 2 heteroatoms. The fourth-order valence-electron chi connectivity index (χ4n) is 1.22. The minimum absolute atomic E-state index is 0.0694. The highest BCUT2D eigenvalue weighted by molar-refractivity contribution is 8.00. The van der Waals surface area contributed by atoms with E-state index in [0.717, 1.165) is 0 Å². The van der Waals surface area contributed by atoms with Gasteiger partial charge >= 0.3 is 0 Å². The van der Waals surface area contributed by atoms with Crippen LogP contribution in [-0.4, -0.2) is 16.5 Å². The van der Waals surface area contributed by atoms with E-state index in [4.69, 9.17) is 12.2 Å². The van der Waals surface area contributed by atoms with Crippen molar-refractivity contribution in [1.29, 1.82) is 0 Å². The first-order valence-electron chi connectivity index (χ1n) is 3.55. The second kappa shape index (κ2) is 2.86. The van der Waals surface area contributed by atoms with E-state index in [1.54, 1.807) is 0 Å². The molecule has 1 aliphatic rings. The fraction of sp³-hybridized carbons (Fsp3) is 0.750. The van der Waals surface area contributed by atoms with Gasteiger partial charge in [0.2, 0.25) is 0 Å². The molecule has 2 atom stereocenters. The van der Waals surface area contributed by atoms with Crippen LogP contribution in [0.2, 0.25) is 0 Å². The molecule has 1 aliphatic heterocycles. The summed E-state index contributed by atoms with van der Waals surface area (Å²) in [5.41, 5.74) is 5.76. The zero-order chi connectivity index (χ0) is 7.61. The maximum atomic E-state index is 5.76. The molecule has 0 amide bonds. The minimum atomic E-state index is -0.0694. The van der Waals surface area contributed by atoms with Crippen molar-refractivity contribution in [3.05, 3.63) is 0 Å². The van der Waals surface area contributed by atoms with Crippen LogP contribution in [0.5, 0.6) is 0 Å². The predicted molar refractivity (Wildman–Crippen MR) is 46.9 cm³/mol. The van der Waals surface area contributed by atoms with Gasteiger partial charge in [0, 0.05) is 4.75 Å². The highest BCUT2D eigenvalue weighted by atomic mass is 32.2. The van der Waals surface area contributed by atoms with Crippen LogP contribution in [0.15, 0.2) is 0 Å². The zero-order valence-electron chi connectivity index (χ0n) is 6.26. The van der Waals surface area contributed by atoms with Gasteiger partial charge in [-0.1, -0.05) is 5.92 Å². The first-order chi connectivity index (χ1) is 4.69. The zero-order valence-corrected chi connectivity index (χ0v) is 7.08. The summed E-state index contributed by atoms with van der Waals surface area (Å²) in [5.74, 6) is 3.82. The Morgan fingerprint density at radius 1 is 1.80 bits per heavy atom. The number of hydrogen-bond acceptors (Lipinski definition) is 2. The molecular weight excluding hydrogens is 142 g/mol. The van der Waals surface area contributed by atoms with Crippen molar-refractivity contribution in [3.8, 4) is 12.3 Å². The molecule has 0 radical (unpaired) electrons. The Labute approximate surface area is 66.8 Å². The Hall–Kier alpha value is -0.130. The molecule has 0 aromatic rings. The van der Waals surface area contributed by atoms with Gasteiger partial charge in [-0.15, -0.1) is 6.42 Å². The summed E-state index contributed by atoms with van der Waals surface area (Å²) >= 11 is 1.91. The number of hydrogen-bond donors (Lipinski definition) is 1. The molecule has 1 fully saturated rings. The van der Waals surface area contributed by atoms with Crippen LogP contribution in [0.1, 0.15) is 19.8 Å². The molecule has 1 heterocycles. The van der Waals surface area contributed by atoms with Gasteiger partial charge in [-0.25, -0.2) is 0 Å². The third kappa shape index (κ3) is 1.31. The molecule has 1 saturated heterocycles. The van der Waals surface area contributed by atoms with Gasteiger partial charge in [-0.3, -0.25) is 0 Å². The molecule has 0 aliphatic carbocycles. The molecule has 0 aromatic carbocycles. The molecule has 2 unspecified atom stereocenters. The molecule has 0 aromatic heterocycles. The molecular formula is C8H13NS. The molecule has 56 valence electrons. The summed E-state index contributed by atoms with van der Waals surface area (Å²) in [6.45, 7) is 2.16. The van der Waals surface area contributed by atoms with Crippen molar-refractivity contribution in [2.75, 3.05) is 5.75 Å². The average molecular weight is 155 g/mol. The summed E-state index contributed by atoms with van der Waals surface area (Å²) in [7, 11) is 0. The van der Waals surface area contributed by atoms with Crippen molar-refractivity contribution >= 4 is 11.8 Å². The lowest BCUT2D eigenvalue weighted by molar-refractivity contribution is 0.559. The van der Waals surface area contributed by atoms with Crippen molar-refractivity contribution < 1.29 is 0 Å². The summed E-state index contributed by atoms with van der Waals surface area (Å²) in [4.78, 5) is 0. The Bertz CT molecular complexity index is 153. The van der Waals surface area contributed by atoms with Gasteiger partial charge in [0.25, 0.3) is 0 Å². The Balaban J connectivity index is 2.60. The van der Waals surface area contributed by atoms with E-state index in [0.29, 0.717) is 0 Å². The average Bonchev–Trinajstić information content (AvgIpc) is 2.36. The van der Waals surface area contributed by atoms with E-state index in [1.807, 2.05) is 11.8 Å². The lowest BCUT2D eigenvalue weighted by Gasteiger charge is -2.25. The lowest BCUT2D eigenvalue weighted by atomic mass is 9.98. The van der Waals surface area contributed by atoms with E-state index in [2.05, 4.69) is 12.8 Å². The predicted octanol–water partition coefficient (Wildman–Crippen LogP) is 1.23. The standard InChI is InChI=1S/C8H13NS/c1-3-7(9)8(2)5-4-6-10-8/h1,7H,4-6,9H2,2H3. The topological polar surface area (TPSA) is 26.0 Å². The highest BCUT2D eigenvalue weighted by Gasteiger charge is 2.34. The van der Waals surface area contributed by atoms with Crippen LogP contribution < -0.4 is 5.73 Å². The van der Waals surface area contributed by atoms with Gasteiger partial charge in [0.1, 0.15) is 0 Å². The first kappa shape index (κ1) is 7.97. The number of rotatable bonds is 1. The first-order valence-corrected chi connectivity index (χ1v) is 4.53. The van der Waals surface area contributed by atoms with Crippen LogP contribution in [0, 0.1) is 12.3 Å². The number of terminal acetylenes is 1. The van der Waals surface area contributed by atoms with Crippen LogP contribution in [0.4, 0.5) is 0 Å². The van der Waals surface area contributed by atoms with E-state index < -0.39 is 0 Å². The normalized spacial score (nSPS) is 35.3. The van der Waals surface area contributed by atoms with Crippen molar-refractivity contribution in [3.63, 3.8) is 0 Å². The van der Waals surface area contributed by atoms with Gasteiger partial charge in [0.05, 0.1) is 6.04 Å². The second-order valence-electron chi connectivity index (χ2n) is 2.91. The SMILES string of the molecule is C#CC(N)C1(C)CCCS1. The van der Waals surface area contributed by atoms with E-state index in [9.17, 15) is 0 Å². The van der Waals surface area contributed by atoms with Crippen LogP contribution in [0.25, 0.3) is 0 Å². The van der Waals surface area contributed by atoms with Gasteiger partial charge in [-0.2, -0.15) is 11.8 Å². The lowest BCUT2D eigenvalue weighted by Crippen LogP contribution is -2.39. The third-order valence-electron chi connectivity index (χ3n) is 2.09. The van der Waals surface area contributed by atoms with Crippen LogP contribution >= 0.6 is 11.8 Å². The monoisotopic (exact) mass is 155 g/mol. The van der Waals surface area contributed by atoms with Crippen molar-refractivity contribution in [2.45, 2.75) is 30.6 Å². The summed E-state index contributed by atoms with van der Waals surface area (Å²) in [6.07, 6.45) is 7.68. The largest absolute Gasteiger partial charge is 0.317 e. The van der Waals surface area contributed by atoms with Gasteiger partial charge in [0.15, 0.2) is 0 Å². The molecule has 0 spiro atoms. The molecule has 10 heavy (non-hydrogen) atoms. The molecule has 0 saturated carbocycles. The summed E-state index contributed by atoms with van der Waals surface area (Å²) in [5, 5.41) is 0. The number of thioether (sulfide) groups is 1. The maximum Gasteiger partial charge on any atom is 0.0808 e.